The summed E-state index contributed by atoms with van der Waals surface area (Å²) in [5.41, 5.74) is 0. The fourth-order valence-corrected chi connectivity index (χ4v) is 1.96. The number of Topliss-reactive ketones (excluding diaryl/α,β-unsaturated/α-hetero) is 1. The fraction of sp³-hybridized carbons (Fsp3) is 0.917. The minimum atomic E-state index is 0.311. The molecule has 1 rings (SSSR count). The van der Waals surface area contributed by atoms with E-state index in [9.17, 15) is 4.79 Å². The predicted octanol–water partition coefficient (Wildman–Crippen LogP) is 2.95. The van der Waals surface area contributed by atoms with Gasteiger partial charge in [-0.3, -0.25) is 4.79 Å². The molecule has 0 aromatic rings. The lowest BCUT2D eigenvalue weighted by Crippen LogP contribution is -2.22. The summed E-state index contributed by atoms with van der Waals surface area (Å²) in [6.45, 7) is 3.23. The van der Waals surface area contributed by atoms with E-state index >= 15 is 0 Å². The van der Waals surface area contributed by atoms with Gasteiger partial charge in [-0.1, -0.05) is 32.6 Å². The molecule has 0 N–H and O–H groups in total. The van der Waals surface area contributed by atoms with Gasteiger partial charge in [-0.15, -0.1) is 0 Å². The van der Waals surface area contributed by atoms with Crippen LogP contribution in [0.15, 0.2) is 0 Å². The summed E-state index contributed by atoms with van der Waals surface area (Å²) in [6, 6.07) is 0. The van der Waals surface area contributed by atoms with Gasteiger partial charge in [0, 0.05) is 12.5 Å². The highest BCUT2D eigenvalue weighted by Crippen LogP contribution is 2.24. The van der Waals surface area contributed by atoms with Gasteiger partial charge in [-0.25, -0.2) is 0 Å². The van der Waals surface area contributed by atoms with Crippen LogP contribution in [-0.4, -0.2) is 19.0 Å². The van der Waals surface area contributed by atoms with Crippen molar-refractivity contribution in [3.63, 3.8) is 0 Å². The second kappa shape index (κ2) is 6.99. The summed E-state index contributed by atoms with van der Waals surface area (Å²) in [7, 11) is 0. The molecule has 2 heteroatoms. The smallest absolute Gasteiger partial charge is 0.161 e. The average Bonchev–Trinajstić information content (AvgIpc) is 2.25. The van der Waals surface area contributed by atoms with E-state index < -0.39 is 0 Å². The lowest BCUT2D eigenvalue weighted by molar-refractivity contribution is -0.128. The number of ether oxygens (including phenoxy) is 1. The molecule has 0 aliphatic heterocycles. The van der Waals surface area contributed by atoms with Gasteiger partial charge in [0.1, 0.15) is 6.61 Å². The van der Waals surface area contributed by atoms with Gasteiger partial charge in [0.05, 0.1) is 0 Å². The second-order valence-electron chi connectivity index (χ2n) is 4.21. The van der Waals surface area contributed by atoms with Crippen molar-refractivity contribution < 1.29 is 9.53 Å². The minimum Gasteiger partial charge on any atom is -0.374 e. The summed E-state index contributed by atoms with van der Waals surface area (Å²) in [5.74, 6) is 0.645. The van der Waals surface area contributed by atoms with Crippen molar-refractivity contribution in [3.05, 3.63) is 0 Å². The number of unbranched alkanes of at least 4 members (excludes halogenated alkanes) is 1. The maximum absolute atomic E-state index is 11.6. The van der Waals surface area contributed by atoms with Crippen LogP contribution < -0.4 is 0 Å². The van der Waals surface area contributed by atoms with Gasteiger partial charge in [0.15, 0.2) is 5.78 Å². The zero-order valence-electron chi connectivity index (χ0n) is 9.26. The first kappa shape index (κ1) is 11.7. The summed E-state index contributed by atoms with van der Waals surface area (Å²) < 4.78 is 5.34. The summed E-state index contributed by atoms with van der Waals surface area (Å²) in [6.07, 6.45) is 8.15. The van der Waals surface area contributed by atoms with Crippen molar-refractivity contribution in [1.82, 2.24) is 0 Å². The van der Waals surface area contributed by atoms with Crippen molar-refractivity contribution in [2.24, 2.45) is 5.92 Å². The van der Waals surface area contributed by atoms with Gasteiger partial charge in [-0.2, -0.15) is 0 Å². The molecule has 0 bridgehead atoms. The zero-order chi connectivity index (χ0) is 10.2. The largest absolute Gasteiger partial charge is 0.374 e. The zero-order valence-corrected chi connectivity index (χ0v) is 9.26. The molecule has 0 atom stereocenters. The molecular weight excluding hydrogens is 176 g/mol. The van der Waals surface area contributed by atoms with Crippen LogP contribution in [0.5, 0.6) is 0 Å². The molecule has 0 spiro atoms. The molecule has 2 nitrogen and oxygen atoms in total. The summed E-state index contributed by atoms with van der Waals surface area (Å²) in [4.78, 5) is 11.6. The molecule has 0 aromatic carbocycles. The molecule has 0 saturated heterocycles. The van der Waals surface area contributed by atoms with E-state index in [1.165, 1.54) is 19.3 Å². The molecule has 0 amide bonds. The van der Waals surface area contributed by atoms with Gasteiger partial charge < -0.3 is 4.74 Å². The summed E-state index contributed by atoms with van der Waals surface area (Å²) >= 11 is 0. The SMILES string of the molecule is CCCCOCC(=O)C1CCCCC1. The van der Waals surface area contributed by atoms with Crippen LogP contribution in [-0.2, 0) is 9.53 Å². The third-order valence-corrected chi connectivity index (χ3v) is 2.95. The lowest BCUT2D eigenvalue weighted by Gasteiger charge is -2.19. The topological polar surface area (TPSA) is 26.3 Å². The Labute approximate surface area is 87.0 Å². The second-order valence-corrected chi connectivity index (χ2v) is 4.21. The number of rotatable bonds is 6. The molecule has 0 radical (unpaired) electrons. The first-order chi connectivity index (χ1) is 6.84. The highest BCUT2D eigenvalue weighted by Gasteiger charge is 2.20. The normalized spacial score (nSPS) is 18.4. The van der Waals surface area contributed by atoms with Gasteiger partial charge in [0.2, 0.25) is 0 Å². The monoisotopic (exact) mass is 198 g/mol. The van der Waals surface area contributed by atoms with Crippen molar-refractivity contribution >= 4 is 5.78 Å². The van der Waals surface area contributed by atoms with Crippen LogP contribution in [0.25, 0.3) is 0 Å². The molecule has 1 saturated carbocycles. The van der Waals surface area contributed by atoms with Crippen molar-refractivity contribution in [2.45, 2.75) is 51.9 Å². The van der Waals surface area contributed by atoms with E-state index in [4.69, 9.17) is 4.74 Å². The Morgan fingerprint density at radius 1 is 1.29 bits per heavy atom. The first-order valence-electron chi connectivity index (χ1n) is 5.95. The highest BCUT2D eigenvalue weighted by molar-refractivity contribution is 5.82. The Balaban J connectivity index is 2.07. The van der Waals surface area contributed by atoms with Crippen LogP contribution in [0.3, 0.4) is 0 Å². The van der Waals surface area contributed by atoms with Gasteiger partial charge in [0.25, 0.3) is 0 Å². The lowest BCUT2D eigenvalue weighted by atomic mass is 9.86. The van der Waals surface area contributed by atoms with Crippen LogP contribution in [0.1, 0.15) is 51.9 Å². The predicted molar refractivity (Wildman–Crippen MR) is 57.3 cm³/mol. The molecule has 1 aliphatic carbocycles. The Morgan fingerprint density at radius 2 is 2.00 bits per heavy atom. The van der Waals surface area contributed by atoms with Gasteiger partial charge >= 0.3 is 0 Å². The van der Waals surface area contributed by atoms with E-state index in [1.807, 2.05) is 0 Å². The molecule has 1 aliphatic rings. The molecule has 1 fully saturated rings. The maximum Gasteiger partial charge on any atom is 0.161 e. The van der Waals surface area contributed by atoms with Crippen molar-refractivity contribution in [2.75, 3.05) is 13.2 Å². The standard InChI is InChI=1S/C12H22O2/c1-2-3-9-14-10-12(13)11-7-5-4-6-8-11/h11H,2-10H2,1H3. The number of carbonyl (C=O) groups excluding carboxylic acids is 1. The highest BCUT2D eigenvalue weighted by atomic mass is 16.5. The Morgan fingerprint density at radius 3 is 2.64 bits per heavy atom. The van der Waals surface area contributed by atoms with Crippen LogP contribution >= 0.6 is 0 Å². The number of carbonyl (C=O) groups is 1. The fourth-order valence-electron chi connectivity index (χ4n) is 1.96. The van der Waals surface area contributed by atoms with Crippen LogP contribution in [0, 0.1) is 5.92 Å². The third-order valence-electron chi connectivity index (χ3n) is 2.95. The molecule has 82 valence electrons. The Bertz CT molecular complexity index is 160. The van der Waals surface area contributed by atoms with Crippen molar-refractivity contribution in [1.29, 1.82) is 0 Å². The van der Waals surface area contributed by atoms with E-state index in [2.05, 4.69) is 6.92 Å². The van der Waals surface area contributed by atoms with E-state index in [-0.39, 0.29) is 0 Å². The van der Waals surface area contributed by atoms with E-state index in [0.717, 1.165) is 32.3 Å². The quantitative estimate of drug-likeness (QED) is 0.613. The minimum absolute atomic E-state index is 0.311. The Kier molecular flexibility index (Phi) is 5.85. The van der Waals surface area contributed by atoms with E-state index in [0.29, 0.717) is 18.3 Å². The molecule has 14 heavy (non-hydrogen) atoms. The number of hydrogen-bond donors (Lipinski definition) is 0. The average molecular weight is 198 g/mol. The third kappa shape index (κ3) is 4.23. The molecule has 0 unspecified atom stereocenters. The number of ketones is 1. The van der Waals surface area contributed by atoms with E-state index in [1.54, 1.807) is 0 Å². The molecule has 0 heterocycles. The van der Waals surface area contributed by atoms with Crippen molar-refractivity contribution in [3.8, 4) is 0 Å². The number of hydrogen-bond acceptors (Lipinski definition) is 2. The molecule has 0 aromatic heterocycles. The van der Waals surface area contributed by atoms with Crippen LogP contribution in [0.4, 0.5) is 0 Å². The Hall–Kier alpha value is -0.370. The molecular formula is C12H22O2. The summed E-state index contributed by atoms with van der Waals surface area (Å²) in [5, 5.41) is 0. The maximum atomic E-state index is 11.6. The van der Waals surface area contributed by atoms with Gasteiger partial charge in [-0.05, 0) is 19.3 Å². The first-order valence-corrected chi connectivity index (χ1v) is 5.95. The van der Waals surface area contributed by atoms with Crippen LogP contribution in [0.2, 0.25) is 0 Å².